The molecule has 0 spiro atoms. The average Bonchev–Trinajstić information content (AvgIpc) is 2.16. The van der Waals surface area contributed by atoms with Gasteiger partial charge in [0.15, 0.2) is 0 Å². The number of hydrogen-bond acceptors (Lipinski definition) is 2. The number of hydrogen-bond donors (Lipinski definition) is 0. The molecule has 0 aromatic carbocycles. The molecule has 0 aliphatic heterocycles. The Kier molecular flexibility index (Phi) is 3.65. The normalized spacial score (nSPS) is 9.77. The second-order valence-electron chi connectivity index (χ2n) is 2.66. The van der Waals surface area contributed by atoms with E-state index in [1.807, 2.05) is 6.92 Å². The van der Waals surface area contributed by atoms with Crippen molar-refractivity contribution in [2.45, 2.75) is 6.92 Å². The summed E-state index contributed by atoms with van der Waals surface area (Å²) in [6.45, 7) is 2.66. The third kappa shape index (κ3) is 2.40. The molecule has 0 N–H and O–H groups in total. The van der Waals surface area contributed by atoms with Crippen molar-refractivity contribution in [1.82, 2.24) is 9.88 Å². The van der Waals surface area contributed by atoms with E-state index in [0.717, 1.165) is 3.70 Å². The van der Waals surface area contributed by atoms with Gasteiger partial charge in [-0.15, -0.1) is 0 Å². The minimum Gasteiger partial charge on any atom is -0.342 e. The summed E-state index contributed by atoms with van der Waals surface area (Å²) in [7, 11) is 1.78. The second-order valence-corrected chi connectivity index (χ2v) is 3.68. The first kappa shape index (κ1) is 10.4. The molecule has 1 amide bonds. The van der Waals surface area contributed by atoms with Crippen molar-refractivity contribution in [3.05, 3.63) is 27.6 Å². The summed E-state index contributed by atoms with van der Waals surface area (Å²) in [5, 5.41) is 0. The third-order valence-electron chi connectivity index (χ3n) is 1.81. The van der Waals surface area contributed by atoms with Gasteiger partial charge in [0, 0.05) is 19.8 Å². The van der Waals surface area contributed by atoms with Gasteiger partial charge in [-0.2, -0.15) is 0 Å². The van der Waals surface area contributed by atoms with E-state index in [0.29, 0.717) is 12.1 Å². The van der Waals surface area contributed by atoms with E-state index < -0.39 is 0 Å². The summed E-state index contributed by atoms with van der Waals surface area (Å²) in [4.78, 5) is 17.4. The van der Waals surface area contributed by atoms with Crippen LogP contribution in [0.4, 0.5) is 0 Å². The fraction of sp³-hybridized carbons (Fsp3) is 0.333. The molecule has 13 heavy (non-hydrogen) atoms. The Hall–Kier alpha value is -0.650. The minimum atomic E-state index is 0.0278. The fourth-order valence-electron chi connectivity index (χ4n) is 0.895. The molecule has 70 valence electrons. The Labute approximate surface area is 91.3 Å². The maximum Gasteiger partial charge on any atom is 0.256 e. The van der Waals surface area contributed by atoms with Crippen LogP contribution >= 0.6 is 22.6 Å². The zero-order chi connectivity index (χ0) is 9.84. The van der Waals surface area contributed by atoms with Crippen LogP contribution in [0.15, 0.2) is 18.3 Å². The quantitative estimate of drug-likeness (QED) is 0.614. The van der Waals surface area contributed by atoms with Crippen LogP contribution in [0.1, 0.15) is 17.3 Å². The molecule has 1 aromatic heterocycles. The van der Waals surface area contributed by atoms with Crippen molar-refractivity contribution in [3.63, 3.8) is 0 Å². The maximum absolute atomic E-state index is 11.7. The largest absolute Gasteiger partial charge is 0.342 e. The van der Waals surface area contributed by atoms with Crippen LogP contribution in [0, 0.1) is 3.70 Å². The number of carbonyl (C=O) groups excluding carboxylic acids is 1. The van der Waals surface area contributed by atoms with Gasteiger partial charge in [0.2, 0.25) is 0 Å². The van der Waals surface area contributed by atoms with Gasteiger partial charge < -0.3 is 4.90 Å². The smallest absolute Gasteiger partial charge is 0.256 e. The lowest BCUT2D eigenvalue weighted by Crippen LogP contribution is -2.27. The minimum absolute atomic E-state index is 0.0278. The highest BCUT2D eigenvalue weighted by molar-refractivity contribution is 14.1. The summed E-state index contributed by atoms with van der Waals surface area (Å²) in [5.41, 5.74) is 0.674. The first-order valence-electron chi connectivity index (χ1n) is 4.02. The van der Waals surface area contributed by atoms with E-state index in [4.69, 9.17) is 0 Å². The van der Waals surface area contributed by atoms with Gasteiger partial charge in [-0.05, 0) is 41.6 Å². The van der Waals surface area contributed by atoms with Crippen molar-refractivity contribution in [2.75, 3.05) is 13.6 Å². The predicted octanol–water partition coefficient (Wildman–Crippen LogP) is 1.78. The molecule has 0 atom stereocenters. The number of halogens is 1. The van der Waals surface area contributed by atoms with Crippen molar-refractivity contribution >= 4 is 28.5 Å². The van der Waals surface area contributed by atoms with Gasteiger partial charge in [-0.25, -0.2) is 4.98 Å². The average molecular weight is 290 g/mol. The molecule has 1 heterocycles. The van der Waals surface area contributed by atoms with Crippen LogP contribution < -0.4 is 0 Å². The van der Waals surface area contributed by atoms with Gasteiger partial charge in [0.1, 0.15) is 3.70 Å². The van der Waals surface area contributed by atoms with Crippen LogP contribution in [-0.2, 0) is 0 Å². The van der Waals surface area contributed by atoms with Crippen molar-refractivity contribution < 1.29 is 4.79 Å². The monoisotopic (exact) mass is 290 g/mol. The van der Waals surface area contributed by atoms with E-state index in [-0.39, 0.29) is 5.91 Å². The molecule has 0 unspecified atom stereocenters. The lowest BCUT2D eigenvalue weighted by atomic mass is 10.2. The highest BCUT2D eigenvalue weighted by atomic mass is 127. The van der Waals surface area contributed by atoms with E-state index in [9.17, 15) is 4.79 Å². The molecule has 3 nitrogen and oxygen atoms in total. The van der Waals surface area contributed by atoms with Crippen LogP contribution in [0.5, 0.6) is 0 Å². The van der Waals surface area contributed by atoms with Gasteiger partial charge >= 0.3 is 0 Å². The van der Waals surface area contributed by atoms with Gasteiger partial charge in [0.25, 0.3) is 5.91 Å². The first-order chi connectivity index (χ1) is 6.16. The summed E-state index contributed by atoms with van der Waals surface area (Å²) in [6, 6.07) is 3.57. The zero-order valence-corrected chi connectivity index (χ0v) is 9.78. The Bertz CT molecular complexity index is 314. The van der Waals surface area contributed by atoms with E-state index >= 15 is 0 Å². The van der Waals surface area contributed by atoms with E-state index in [1.165, 1.54) is 0 Å². The highest BCUT2D eigenvalue weighted by Crippen LogP contribution is 2.10. The molecule has 4 heteroatoms. The van der Waals surface area contributed by atoms with Crippen LogP contribution in [0.3, 0.4) is 0 Å². The molecule has 0 aliphatic carbocycles. The predicted molar refractivity (Wildman–Crippen MR) is 59.6 cm³/mol. The van der Waals surface area contributed by atoms with Gasteiger partial charge in [0.05, 0.1) is 5.56 Å². The number of aromatic nitrogens is 1. The Morgan fingerprint density at radius 2 is 2.38 bits per heavy atom. The number of nitrogens with zero attached hydrogens (tertiary/aromatic N) is 2. The Balaban J connectivity index is 2.95. The number of pyridine rings is 1. The fourth-order valence-corrected chi connectivity index (χ4v) is 1.47. The van der Waals surface area contributed by atoms with Crippen molar-refractivity contribution in [2.24, 2.45) is 0 Å². The number of amides is 1. The molecule has 0 fully saturated rings. The van der Waals surface area contributed by atoms with E-state index in [1.54, 1.807) is 30.3 Å². The molecule has 0 aliphatic rings. The molecule has 1 aromatic rings. The van der Waals surface area contributed by atoms with Crippen LogP contribution in [-0.4, -0.2) is 29.4 Å². The molecule has 0 saturated carbocycles. The molecule has 0 radical (unpaired) electrons. The maximum atomic E-state index is 11.7. The second kappa shape index (κ2) is 4.55. The molecular formula is C9H11IN2O. The van der Waals surface area contributed by atoms with Crippen molar-refractivity contribution in [3.8, 4) is 0 Å². The zero-order valence-electron chi connectivity index (χ0n) is 7.62. The Morgan fingerprint density at radius 3 is 2.92 bits per heavy atom. The van der Waals surface area contributed by atoms with Gasteiger partial charge in [-0.1, -0.05) is 0 Å². The Morgan fingerprint density at radius 1 is 1.69 bits per heavy atom. The number of carbonyl (C=O) groups is 1. The number of rotatable bonds is 2. The standard InChI is InChI=1S/C9H11IN2O/c1-3-12(2)9(13)7-5-4-6-11-8(7)10/h4-6H,3H2,1-2H3. The van der Waals surface area contributed by atoms with Crippen LogP contribution in [0.2, 0.25) is 0 Å². The molecule has 0 saturated heterocycles. The first-order valence-corrected chi connectivity index (χ1v) is 5.10. The summed E-state index contributed by atoms with van der Waals surface area (Å²) in [6.07, 6.45) is 1.69. The molecule has 0 bridgehead atoms. The summed E-state index contributed by atoms with van der Waals surface area (Å²) < 4.78 is 0.755. The van der Waals surface area contributed by atoms with Crippen molar-refractivity contribution in [1.29, 1.82) is 0 Å². The summed E-state index contributed by atoms with van der Waals surface area (Å²) in [5.74, 6) is 0.0278. The molecule has 1 rings (SSSR count). The summed E-state index contributed by atoms with van der Waals surface area (Å²) >= 11 is 2.07. The van der Waals surface area contributed by atoms with Gasteiger partial charge in [-0.3, -0.25) is 4.79 Å². The molecular weight excluding hydrogens is 279 g/mol. The topological polar surface area (TPSA) is 33.2 Å². The van der Waals surface area contributed by atoms with Crippen LogP contribution in [0.25, 0.3) is 0 Å². The third-order valence-corrected chi connectivity index (χ3v) is 2.67. The van der Waals surface area contributed by atoms with E-state index in [2.05, 4.69) is 27.6 Å². The lowest BCUT2D eigenvalue weighted by Gasteiger charge is -2.14. The highest BCUT2D eigenvalue weighted by Gasteiger charge is 2.12. The lowest BCUT2D eigenvalue weighted by molar-refractivity contribution is 0.0801. The SMILES string of the molecule is CCN(C)C(=O)c1cccnc1I.